The highest BCUT2D eigenvalue weighted by atomic mass is 19.4. The van der Waals surface area contributed by atoms with E-state index >= 15 is 0 Å². The topological polar surface area (TPSA) is 9.23 Å². The zero-order valence-electron chi connectivity index (χ0n) is 20.9. The first kappa shape index (κ1) is 29.1. The van der Waals surface area contributed by atoms with Crippen molar-refractivity contribution in [2.24, 2.45) is 5.92 Å². The molecule has 1 saturated carbocycles. The van der Waals surface area contributed by atoms with Crippen molar-refractivity contribution in [1.29, 1.82) is 0 Å². The fourth-order valence-electron chi connectivity index (χ4n) is 4.89. The predicted molar refractivity (Wildman–Crippen MR) is 131 cm³/mol. The van der Waals surface area contributed by atoms with Gasteiger partial charge in [0.05, 0.1) is 6.42 Å². The number of hydrogen-bond acceptors (Lipinski definition) is 1. The number of rotatable bonds is 11. The van der Waals surface area contributed by atoms with E-state index in [-0.39, 0.29) is 18.6 Å². The third kappa shape index (κ3) is 9.38. The summed E-state index contributed by atoms with van der Waals surface area (Å²) in [5, 5.41) is 0. The van der Waals surface area contributed by atoms with Gasteiger partial charge in [0.1, 0.15) is 17.4 Å². The number of unbranched alkanes of at least 4 members (excludes halogenated alkanes) is 2. The van der Waals surface area contributed by atoms with Crippen LogP contribution in [0.2, 0.25) is 0 Å². The molecule has 0 amide bonds. The van der Waals surface area contributed by atoms with Gasteiger partial charge in [0.15, 0.2) is 0 Å². The highest BCUT2D eigenvalue weighted by molar-refractivity contribution is 5.53. The molecule has 0 aliphatic heterocycles. The smallest absolute Gasteiger partial charge is 0.409 e. The summed E-state index contributed by atoms with van der Waals surface area (Å²) >= 11 is 0. The van der Waals surface area contributed by atoms with E-state index in [4.69, 9.17) is 0 Å². The fraction of sp³-hybridized carbons (Fsp3) is 0.517. The zero-order chi connectivity index (χ0) is 27.1. The van der Waals surface area contributed by atoms with E-state index in [0.717, 1.165) is 18.8 Å². The van der Waals surface area contributed by atoms with E-state index in [0.29, 0.717) is 23.6 Å². The van der Waals surface area contributed by atoms with Crippen LogP contribution in [0.25, 0.3) is 6.08 Å². The molecule has 0 radical (unpaired) electrons. The summed E-state index contributed by atoms with van der Waals surface area (Å²) in [5.74, 6) is -2.38. The Morgan fingerprint density at radius 1 is 0.892 bits per heavy atom. The number of allylic oxidation sites excluding steroid dienone is 1. The highest BCUT2D eigenvalue weighted by Gasteiger charge is 2.32. The Morgan fingerprint density at radius 2 is 1.51 bits per heavy atom. The van der Waals surface area contributed by atoms with Gasteiger partial charge in [0.2, 0.25) is 0 Å². The Labute approximate surface area is 213 Å². The van der Waals surface area contributed by atoms with Crippen LogP contribution in [-0.2, 0) is 6.42 Å². The number of benzene rings is 2. The van der Waals surface area contributed by atoms with E-state index in [1.807, 2.05) is 24.3 Å². The van der Waals surface area contributed by atoms with Crippen molar-refractivity contribution < 1.29 is 35.5 Å². The van der Waals surface area contributed by atoms with Gasteiger partial charge in [0.25, 0.3) is 0 Å². The van der Waals surface area contributed by atoms with Crippen LogP contribution < -0.4 is 4.74 Å². The normalized spacial score (nSPS) is 18.9. The van der Waals surface area contributed by atoms with Crippen LogP contribution in [-0.4, -0.2) is 12.3 Å². The third-order valence-corrected chi connectivity index (χ3v) is 6.98. The summed E-state index contributed by atoms with van der Waals surface area (Å²) in [6.07, 6.45) is 0.458. The van der Waals surface area contributed by atoms with Crippen LogP contribution in [0, 0.1) is 17.6 Å². The quantitative estimate of drug-likeness (QED) is 0.207. The van der Waals surface area contributed by atoms with Crippen molar-refractivity contribution in [3.8, 4) is 5.75 Å². The monoisotopic (exact) mass is 530 g/mol. The van der Waals surface area contributed by atoms with Gasteiger partial charge in [-0.2, -0.15) is 22.0 Å². The van der Waals surface area contributed by atoms with Crippen molar-refractivity contribution in [2.75, 3.05) is 0 Å². The molecule has 0 N–H and O–H groups in total. The number of hydrogen-bond donors (Lipinski definition) is 0. The Kier molecular flexibility index (Phi) is 10.1. The molecule has 0 atom stereocenters. The Morgan fingerprint density at radius 3 is 2.08 bits per heavy atom. The number of alkyl halides is 5. The lowest BCUT2D eigenvalue weighted by Crippen LogP contribution is -2.25. The summed E-state index contributed by atoms with van der Waals surface area (Å²) in [7, 11) is 0. The van der Waals surface area contributed by atoms with Gasteiger partial charge in [-0.05, 0) is 61.1 Å². The molecule has 2 aromatic rings. The van der Waals surface area contributed by atoms with Crippen molar-refractivity contribution in [1.82, 2.24) is 0 Å². The molecule has 1 fully saturated rings. The summed E-state index contributed by atoms with van der Waals surface area (Å²) < 4.78 is 98.0. The molecule has 204 valence electrons. The van der Waals surface area contributed by atoms with Gasteiger partial charge in [-0.25, -0.2) is 8.78 Å². The van der Waals surface area contributed by atoms with Crippen molar-refractivity contribution in [3.63, 3.8) is 0 Å². The van der Waals surface area contributed by atoms with Crippen molar-refractivity contribution in [2.45, 2.75) is 89.3 Å². The van der Waals surface area contributed by atoms with Crippen LogP contribution in [0.4, 0.5) is 30.7 Å². The van der Waals surface area contributed by atoms with Gasteiger partial charge < -0.3 is 4.74 Å². The van der Waals surface area contributed by atoms with Crippen molar-refractivity contribution in [3.05, 3.63) is 70.8 Å². The van der Waals surface area contributed by atoms with E-state index in [9.17, 15) is 30.7 Å². The molecule has 0 saturated heterocycles. The minimum atomic E-state index is -4.77. The molecule has 3 rings (SSSR count). The minimum Gasteiger partial charge on any atom is -0.432 e. The molecule has 0 aromatic heterocycles. The molecular weight excluding hydrogens is 497 g/mol. The van der Waals surface area contributed by atoms with Gasteiger partial charge in [-0.15, -0.1) is 0 Å². The lowest BCUT2D eigenvalue weighted by molar-refractivity contribution is -0.180. The SMILES string of the molecule is CCCCCC1CCC(c2ccc(CCC(F)(F)Oc3cc(F)c(C=CC(F)(F)F)c(F)c3)cc2)CC1. The van der Waals surface area contributed by atoms with Gasteiger partial charge >= 0.3 is 12.3 Å². The first-order valence-electron chi connectivity index (χ1n) is 12.9. The summed E-state index contributed by atoms with van der Waals surface area (Å²) in [4.78, 5) is 0. The zero-order valence-corrected chi connectivity index (χ0v) is 20.9. The summed E-state index contributed by atoms with van der Waals surface area (Å²) in [5.41, 5.74) is 0.910. The third-order valence-electron chi connectivity index (χ3n) is 6.98. The second-order valence-corrected chi connectivity index (χ2v) is 9.87. The first-order chi connectivity index (χ1) is 17.5. The molecule has 8 heteroatoms. The van der Waals surface area contributed by atoms with Crippen LogP contribution in [0.5, 0.6) is 5.75 Å². The molecule has 37 heavy (non-hydrogen) atoms. The molecule has 1 aliphatic carbocycles. The summed E-state index contributed by atoms with van der Waals surface area (Å²) in [6, 6.07) is 8.49. The lowest BCUT2D eigenvalue weighted by Gasteiger charge is -2.29. The van der Waals surface area contributed by atoms with Crippen molar-refractivity contribution >= 4 is 6.08 Å². The standard InChI is InChI=1S/C29H33F7O/c1-2-3-4-5-20-6-10-22(11-7-20)23-12-8-21(9-13-23)14-17-29(35,36)37-24-18-26(30)25(27(31)19-24)15-16-28(32,33)34/h8-9,12-13,15-16,18-20,22H,2-7,10-11,14,17H2,1H3. The average Bonchev–Trinajstić information content (AvgIpc) is 2.82. The van der Waals surface area contributed by atoms with E-state index < -0.39 is 41.7 Å². The second kappa shape index (κ2) is 12.8. The molecule has 0 spiro atoms. The molecule has 0 unspecified atom stereocenters. The van der Waals surface area contributed by atoms with Crippen LogP contribution >= 0.6 is 0 Å². The lowest BCUT2D eigenvalue weighted by atomic mass is 9.77. The molecular formula is C29H33F7O. The molecule has 1 aliphatic rings. The fourth-order valence-corrected chi connectivity index (χ4v) is 4.89. The maximum Gasteiger partial charge on any atom is 0.409 e. The van der Waals surface area contributed by atoms with E-state index in [2.05, 4.69) is 11.7 Å². The maximum absolute atomic E-state index is 14.4. The van der Waals surface area contributed by atoms with Crippen LogP contribution in [0.15, 0.2) is 42.5 Å². The highest BCUT2D eigenvalue weighted by Crippen LogP contribution is 2.38. The number of halogens is 7. The Bertz CT molecular complexity index is 997. The summed E-state index contributed by atoms with van der Waals surface area (Å²) in [6.45, 7) is 2.21. The molecule has 1 nitrogen and oxygen atoms in total. The average molecular weight is 531 g/mol. The van der Waals surface area contributed by atoms with Gasteiger partial charge in [-0.3, -0.25) is 0 Å². The number of ether oxygens (including phenoxy) is 1. The first-order valence-corrected chi connectivity index (χ1v) is 12.9. The Balaban J connectivity index is 1.52. The minimum absolute atomic E-state index is 0.0190. The number of aryl methyl sites for hydroxylation is 1. The molecule has 0 heterocycles. The molecule has 2 aromatic carbocycles. The van der Waals surface area contributed by atoms with Crippen LogP contribution in [0.1, 0.15) is 87.3 Å². The maximum atomic E-state index is 14.4. The predicted octanol–water partition coefficient (Wildman–Crippen LogP) is 10.00. The van der Waals surface area contributed by atoms with Crippen LogP contribution in [0.3, 0.4) is 0 Å². The largest absolute Gasteiger partial charge is 0.432 e. The van der Waals surface area contributed by atoms with E-state index in [1.54, 1.807) is 0 Å². The van der Waals surface area contributed by atoms with Gasteiger partial charge in [-0.1, -0.05) is 56.9 Å². The Hall–Kier alpha value is -2.51. The van der Waals surface area contributed by atoms with E-state index in [1.165, 1.54) is 44.1 Å². The molecule has 0 bridgehead atoms. The van der Waals surface area contributed by atoms with Gasteiger partial charge in [0, 0.05) is 23.8 Å². The second-order valence-electron chi connectivity index (χ2n) is 9.87.